The van der Waals surface area contributed by atoms with E-state index in [1.165, 1.54) is 12.1 Å². The van der Waals surface area contributed by atoms with Crippen molar-refractivity contribution in [3.05, 3.63) is 71.9 Å². The molecule has 0 aliphatic carbocycles. The van der Waals surface area contributed by atoms with Gasteiger partial charge in [0.25, 0.3) is 0 Å². The highest BCUT2D eigenvalue weighted by molar-refractivity contribution is 5.79. The predicted molar refractivity (Wildman–Crippen MR) is 114 cm³/mol. The molecule has 0 amide bonds. The van der Waals surface area contributed by atoms with Gasteiger partial charge in [-0.25, -0.2) is 0 Å². The standard InChI is InChI=1S/C20H15F2N7.C2H6/c1-12-3-4-13-9-15(5-6-16(13)24-12)20(21,22)19-26-25-18-8-7-17(27-29(18)19)14-10-23-28(2)11-14;1-2/h3-11H,1-2H3;1-2H3. The molecule has 0 bridgehead atoms. The Morgan fingerprint density at radius 3 is 2.52 bits per heavy atom. The number of pyridine rings is 1. The second-order valence-electron chi connectivity index (χ2n) is 6.85. The van der Waals surface area contributed by atoms with Crippen LogP contribution in [0.5, 0.6) is 0 Å². The summed E-state index contributed by atoms with van der Waals surface area (Å²) in [4.78, 5) is 4.36. The number of fused-ring (bicyclic) bond motifs is 2. The minimum absolute atomic E-state index is 0.196. The monoisotopic (exact) mass is 421 g/mol. The van der Waals surface area contributed by atoms with Crippen LogP contribution in [-0.4, -0.2) is 34.6 Å². The number of nitrogens with zero attached hydrogens (tertiary/aromatic N) is 7. The Hall–Kier alpha value is -3.75. The zero-order chi connectivity index (χ0) is 22.2. The molecule has 0 unspecified atom stereocenters. The molecule has 158 valence electrons. The van der Waals surface area contributed by atoms with Crippen LogP contribution in [0.15, 0.2) is 54.9 Å². The number of hydrogen-bond donors (Lipinski definition) is 0. The number of aryl methyl sites for hydroxylation is 2. The van der Waals surface area contributed by atoms with Crippen LogP contribution in [0.3, 0.4) is 0 Å². The van der Waals surface area contributed by atoms with Gasteiger partial charge in [-0.15, -0.1) is 10.2 Å². The van der Waals surface area contributed by atoms with Crippen molar-refractivity contribution in [3.63, 3.8) is 0 Å². The molecule has 0 radical (unpaired) electrons. The van der Waals surface area contributed by atoms with Crippen molar-refractivity contribution in [2.24, 2.45) is 7.05 Å². The maximum atomic E-state index is 15.4. The van der Waals surface area contributed by atoms with Gasteiger partial charge in [-0.05, 0) is 37.3 Å². The van der Waals surface area contributed by atoms with Crippen LogP contribution < -0.4 is 0 Å². The Morgan fingerprint density at radius 2 is 1.77 bits per heavy atom. The molecular weight excluding hydrogens is 400 g/mol. The maximum Gasteiger partial charge on any atom is 0.333 e. The Bertz CT molecular complexity index is 1370. The van der Waals surface area contributed by atoms with E-state index in [1.54, 1.807) is 54.5 Å². The van der Waals surface area contributed by atoms with Gasteiger partial charge in [0.15, 0.2) is 5.65 Å². The molecule has 0 spiro atoms. The van der Waals surface area contributed by atoms with Gasteiger partial charge in [0.1, 0.15) is 0 Å². The number of benzene rings is 1. The molecule has 5 aromatic rings. The van der Waals surface area contributed by atoms with E-state index in [0.717, 1.165) is 10.2 Å². The van der Waals surface area contributed by atoms with Crippen molar-refractivity contribution in [2.75, 3.05) is 0 Å². The molecular formula is C22H21F2N7. The van der Waals surface area contributed by atoms with Gasteiger partial charge in [0.05, 0.1) is 17.4 Å². The minimum atomic E-state index is -3.39. The quantitative estimate of drug-likeness (QED) is 0.427. The highest BCUT2D eigenvalue weighted by Gasteiger charge is 2.40. The van der Waals surface area contributed by atoms with Crippen LogP contribution in [0.4, 0.5) is 8.78 Å². The fourth-order valence-corrected chi connectivity index (χ4v) is 3.24. The second kappa shape index (κ2) is 7.82. The molecule has 4 heterocycles. The van der Waals surface area contributed by atoms with Gasteiger partial charge in [0.2, 0.25) is 5.82 Å². The summed E-state index contributed by atoms with van der Waals surface area (Å²) >= 11 is 0. The molecule has 0 N–H and O–H groups in total. The molecule has 5 rings (SSSR count). The number of hydrogen-bond acceptors (Lipinski definition) is 5. The van der Waals surface area contributed by atoms with E-state index in [1.807, 2.05) is 20.8 Å². The summed E-state index contributed by atoms with van der Waals surface area (Å²) in [6, 6.07) is 11.2. The van der Waals surface area contributed by atoms with Gasteiger partial charge in [-0.1, -0.05) is 26.0 Å². The van der Waals surface area contributed by atoms with Gasteiger partial charge in [-0.3, -0.25) is 9.67 Å². The lowest BCUT2D eigenvalue weighted by Crippen LogP contribution is -2.20. The van der Waals surface area contributed by atoms with E-state index < -0.39 is 11.7 Å². The van der Waals surface area contributed by atoms with Crippen molar-refractivity contribution in [1.82, 2.24) is 34.6 Å². The van der Waals surface area contributed by atoms with E-state index in [9.17, 15) is 0 Å². The van der Waals surface area contributed by atoms with Crippen molar-refractivity contribution >= 4 is 16.6 Å². The molecule has 0 fully saturated rings. The highest BCUT2D eigenvalue weighted by atomic mass is 19.3. The third-order valence-electron chi connectivity index (χ3n) is 4.74. The highest BCUT2D eigenvalue weighted by Crippen LogP contribution is 2.36. The van der Waals surface area contributed by atoms with E-state index >= 15 is 8.78 Å². The van der Waals surface area contributed by atoms with Crippen LogP contribution in [0.1, 0.15) is 30.9 Å². The van der Waals surface area contributed by atoms with Gasteiger partial charge in [0, 0.05) is 35.5 Å². The first-order chi connectivity index (χ1) is 14.9. The van der Waals surface area contributed by atoms with Gasteiger partial charge < -0.3 is 0 Å². The largest absolute Gasteiger partial charge is 0.333 e. The molecule has 1 aromatic carbocycles. The Balaban J connectivity index is 0.00000112. The summed E-state index contributed by atoms with van der Waals surface area (Å²) in [5, 5.41) is 16.7. The summed E-state index contributed by atoms with van der Waals surface area (Å²) < 4.78 is 33.5. The van der Waals surface area contributed by atoms with Crippen molar-refractivity contribution in [1.29, 1.82) is 0 Å². The summed E-state index contributed by atoms with van der Waals surface area (Å²) in [7, 11) is 1.77. The van der Waals surface area contributed by atoms with Crippen LogP contribution in [0, 0.1) is 6.92 Å². The Kier molecular flexibility index (Phi) is 5.18. The zero-order valence-electron chi connectivity index (χ0n) is 17.6. The van der Waals surface area contributed by atoms with Gasteiger partial charge in [-0.2, -0.15) is 23.5 Å². The molecule has 7 nitrogen and oxygen atoms in total. The predicted octanol–water partition coefficient (Wildman–Crippen LogP) is 4.55. The lowest BCUT2D eigenvalue weighted by molar-refractivity contribution is 0.0307. The van der Waals surface area contributed by atoms with E-state index in [0.29, 0.717) is 22.2 Å². The van der Waals surface area contributed by atoms with E-state index in [2.05, 4.69) is 25.4 Å². The van der Waals surface area contributed by atoms with Crippen molar-refractivity contribution in [2.45, 2.75) is 26.7 Å². The molecule has 0 aliphatic rings. The van der Waals surface area contributed by atoms with Crippen LogP contribution in [-0.2, 0) is 13.0 Å². The van der Waals surface area contributed by atoms with Crippen LogP contribution in [0.2, 0.25) is 0 Å². The smallest absolute Gasteiger partial charge is 0.275 e. The second-order valence-corrected chi connectivity index (χ2v) is 6.85. The average molecular weight is 421 g/mol. The summed E-state index contributed by atoms with van der Waals surface area (Å²) in [5.74, 6) is -3.93. The van der Waals surface area contributed by atoms with Crippen LogP contribution in [0.25, 0.3) is 27.8 Å². The summed E-state index contributed by atoms with van der Waals surface area (Å²) in [6.45, 7) is 5.86. The molecule has 4 aromatic heterocycles. The SMILES string of the molecule is CC.Cc1ccc2cc(C(F)(F)c3nnc4ccc(-c5cnn(C)c5)nn34)ccc2n1. The number of rotatable bonds is 3. The van der Waals surface area contributed by atoms with E-state index in [4.69, 9.17) is 0 Å². The Labute approximate surface area is 177 Å². The fourth-order valence-electron chi connectivity index (χ4n) is 3.24. The molecule has 0 saturated carbocycles. The first-order valence-electron chi connectivity index (χ1n) is 9.89. The molecule has 0 aliphatic heterocycles. The van der Waals surface area contributed by atoms with Crippen molar-refractivity contribution in [3.8, 4) is 11.3 Å². The third-order valence-corrected chi connectivity index (χ3v) is 4.74. The topological polar surface area (TPSA) is 73.8 Å². The van der Waals surface area contributed by atoms with Crippen LogP contribution >= 0.6 is 0 Å². The van der Waals surface area contributed by atoms with Gasteiger partial charge >= 0.3 is 5.92 Å². The number of halogens is 2. The third kappa shape index (κ3) is 3.63. The number of alkyl halides is 2. The average Bonchev–Trinajstić information content (AvgIpc) is 3.40. The zero-order valence-corrected chi connectivity index (χ0v) is 17.6. The molecule has 9 heteroatoms. The normalized spacial score (nSPS) is 11.5. The fraction of sp³-hybridized carbons (Fsp3) is 0.227. The molecule has 31 heavy (non-hydrogen) atoms. The lowest BCUT2D eigenvalue weighted by Gasteiger charge is -2.15. The summed E-state index contributed by atoms with van der Waals surface area (Å²) in [6.07, 6.45) is 3.38. The lowest BCUT2D eigenvalue weighted by atomic mass is 10.0. The molecule has 0 atom stereocenters. The maximum absolute atomic E-state index is 15.4. The summed E-state index contributed by atoms with van der Waals surface area (Å²) in [5.41, 5.74) is 2.74. The number of aromatic nitrogens is 7. The molecule has 0 saturated heterocycles. The first-order valence-corrected chi connectivity index (χ1v) is 9.89. The minimum Gasteiger partial charge on any atom is -0.275 e. The van der Waals surface area contributed by atoms with Crippen molar-refractivity contribution < 1.29 is 8.78 Å². The van der Waals surface area contributed by atoms with E-state index in [-0.39, 0.29) is 11.2 Å². The first kappa shape index (κ1) is 20.5. The Morgan fingerprint density at radius 1 is 0.968 bits per heavy atom.